The number of piperidine rings is 1. The molecule has 0 bridgehead atoms. The number of benzene rings is 1. The van der Waals surface area contributed by atoms with Crippen molar-refractivity contribution in [2.75, 3.05) is 19.7 Å². The van der Waals surface area contributed by atoms with Gasteiger partial charge in [-0.2, -0.15) is 0 Å². The van der Waals surface area contributed by atoms with E-state index in [2.05, 4.69) is 35.3 Å². The van der Waals surface area contributed by atoms with Crippen LogP contribution in [-0.2, 0) is 16.8 Å². The van der Waals surface area contributed by atoms with Crippen molar-refractivity contribution in [2.24, 2.45) is 0 Å². The summed E-state index contributed by atoms with van der Waals surface area (Å²) < 4.78 is 11.3. The second-order valence-electron chi connectivity index (χ2n) is 7.07. The highest BCUT2D eigenvalue weighted by Crippen LogP contribution is 2.46. The lowest BCUT2D eigenvalue weighted by atomic mass is 9.82. The minimum atomic E-state index is -0.266. The number of rotatable bonds is 2. The number of hydrogen-bond acceptors (Lipinski definition) is 5. The Hall–Kier alpha value is -2.44. The van der Waals surface area contributed by atoms with Crippen LogP contribution in [0.4, 0.5) is 0 Å². The number of amides is 1. The van der Waals surface area contributed by atoms with Crippen molar-refractivity contribution >= 4 is 17.2 Å². The zero-order valence-corrected chi connectivity index (χ0v) is 15.7. The van der Waals surface area contributed by atoms with Gasteiger partial charge in [0.05, 0.1) is 12.2 Å². The van der Waals surface area contributed by atoms with Crippen LogP contribution in [0.2, 0.25) is 0 Å². The Morgan fingerprint density at radius 2 is 2.00 bits per heavy atom. The van der Waals surface area contributed by atoms with Gasteiger partial charge in [-0.1, -0.05) is 30.3 Å². The van der Waals surface area contributed by atoms with Gasteiger partial charge in [0.2, 0.25) is 0 Å². The number of ether oxygens (including phenoxy) is 1. The molecule has 2 aliphatic rings. The Balaban J connectivity index is 1.40. The molecule has 5 nitrogen and oxygen atoms in total. The minimum Gasteiger partial charge on any atom is -0.451 e. The Kier molecular flexibility index (Phi) is 4.10. The van der Waals surface area contributed by atoms with E-state index < -0.39 is 0 Å². The lowest BCUT2D eigenvalue weighted by molar-refractivity contribution is -0.0926. The molecule has 0 radical (unpaired) electrons. The maximum Gasteiger partial charge on any atom is 0.275 e. The fourth-order valence-electron chi connectivity index (χ4n) is 4.13. The highest BCUT2D eigenvalue weighted by molar-refractivity contribution is 7.15. The summed E-state index contributed by atoms with van der Waals surface area (Å²) in [4.78, 5) is 21.1. The summed E-state index contributed by atoms with van der Waals surface area (Å²) in [5.74, 6) is -0.0649. The zero-order chi connectivity index (χ0) is 18.3. The maximum absolute atomic E-state index is 12.5. The van der Waals surface area contributed by atoms with Gasteiger partial charge in [-0.25, -0.2) is 4.98 Å². The molecule has 0 atom stereocenters. The molecule has 1 spiro atoms. The van der Waals surface area contributed by atoms with Gasteiger partial charge in [0.1, 0.15) is 6.26 Å². The van der Waals surface area contributed by atoms with Crippen molar-refractivity contribution in [3.8, 4) is 10.4 Å². The molecule has 0 aliphatic carbocycles. The third-order valence-electron chi connectivity index (χ3n) is 5.58. The molecule has 6 heteroatoms. The smallest absolute Gasteiger partial charge is 0.275 e. The van der Waals surface area contributed by atoms with Gasteiger partial charge < -0.3 is 14.1 Å². The fraction of sp³-hybridized carbons (Fsp3) is 0.333. The maximum atomic E-state index is 12.5. The highest BCUT2D eigenvalue weighted by atomic mass is 32.1. The van der Waals surface area contributed by atoms with Gasteiger partial charge in [0.25, 0.3) is 5.91 Å². The molecule has 0 saturated carbocycles. The van der Waals surface area contributed by atoms with E-state index in [-0.39, 0.29) is 11.5 Å². The topological polar surface area (TPSA) is 55.6 Å². The predicted molar refractivity (Wildman–Crippen MR) is 103 cm³/mol. The number of oxazole rings is 1. The van der Waals surface area contributed by atoms with Crippen LogP contribution in [0, 0.1) is 0 Å². The molecule has 1 fully saturated rings. The summed E-state index contributed by atoms with van der Waals surface area (Å²) >= 11 is 1.88. The number of carbonyl (C=O) groups is 1. The van der Waals surface area contributed by atoms with E-state index in [0.717, 1.165) is 25.9 Å². The molecular weight excluding hydrogens is 360 g/mol. The summed E-state index contributed by atoms with van der Waals surface area (Å²) in [6.45, 7) is 2.09. The van der Waals surface area contributed by atoms with Crippen LogP contribution in [0.1, 0.15) is 33.8 Å². The number of hydrogen-bond donors (Lipinski definition) is 0. The lowest BCUT2D eigenvalue weighted by Crippen LogP contribution is -2.48. The Morgan fingerprint density at radius 3 is 2.74 bits per heavy atom. The number of likely N-dealkylation sites (tertiary alicyclic amines) is 1. The summed E-state index contributed by atoms with van der Waals surface area (Å²) in [6.07, 6.45) is 5.30. The minimum absolute atomic E-state index is 0.0649. The summed E-state index contributed by atoms with van der Waals surface area (Å²) in [6, 6.07) is 12.8. The Labute approximate surface area is 161 Å². The lowest BCUT2D eigenvalue weighted by Gasteiger charge is -2.43. The first-order valence-electron chi connectivity index (χ1n) is 9.25. The summed E-state index contributed by atoms with van der Waals surface area (Å²) in [5.41, 5.74) is 2.69. The molecule has 2 aliphatic heterocycles. The quantitative estimate of drug-likeness (QED) is 0.671. The first-order chi connectivity index (χ1) is 13.3. The normalized spacial score (nSPS) is 18.4. The number of nitrogens with zero attached hydrogens (tertiary/aromatic N) is 2. The van der Waals surface area contributed by atoms with E-state index in [1.807, 2.05) is 22.3 Å². The molecule has 1 saturated heterocycles. The average Bonchev–Trinajstić information content (AvgIpc) is 3.40. The van der Waals surface area contributed by atoms with E-state index in [4.69, 9.17) is 9.15 Å². The first-order valence-corrected chi connectivity index (χ1v) is 10.1. The van der Waals surface area contributed by atoms with Crippen molar-refractivity contribution in [3.05, 3.63) is 65.2 Å². The van der Waals surface area contributed by atoms with Crippen LogP contribution in [-0.4, -0.2) is 35.5 Å². The molecule has 138 valence electrons. The number of fused-ring (bicyclic) bond motifs is 2. The standard InChI is InChI=1S/C21H20N2O3S/c24-20(17-13-25-14-22-17)23-9-7-21(8-10-23)16-12-19(15-4-2-1-3-5-15)27-18(16)6-11-26-21/h1-5,12-14H,6-11H2. The van der Waals surface area contributed by atoms with Gasteiger partial charge in [0, 0.05) is 29.3 Å². The second-order valence-corrected chi connectivity index (χ2v) is 8.21. The van der Waals surface area contributed by atoms with Crippen molar-refractivity contribution in [3.63, 3.8) is 0 Å². The third-order valence-corrected chi connectivity index (χ3v) is 6.82. The number of thiophene rings is 1. The van der Waals surface area contributed by atoms with Gasteiger partial charge in [-0.05, 0) is 30.0 Å². The first kappa shape index (κ1) is 16.7. The van der Waals surface area contributed by atoms with Crippen molar-refractivity contribution in [2.45, 2.75) is 24.9 Å². The van der Waals surface area contributed by atoms with Gasteiger partial charge in [0.15, 0.2) is 12.1 Å². The molecule has 4 heterocycles. The predicted octanol–water partition coefficient (Wildman–Crippen LogP) is 4.11. The van der Waals surface area contributed by atoms with Crippen LogP contribution in [0.3, 0.4) is 0 Å². The molecule has 27 heavy (non-hydrogen) atoms. The van der Waals surface area contributed by atoms with Gasteiger partial charge in [-0.15, -0.1) is 11.3 Å². The molecule has 3 aromatic rings. The molecule has 1 amide bonds. The summed E-state index contributed by atoms with van der Waals surface area (Å²) in [7, 11) is 0. The van der Waals surface area contributed by atoms with E-state index in [0.29, 0.717) is 18.8 Å². The second kappa shape index (κ2) is 6.62. The third kappa shape index (κ3) is 2.89. The summed E-state index contributed by atoms with van der Waals surface area (Å²) in [5, 5.41) is 0. The molecule has 1 aromatic carbocycles. The fourth-order valence-corrected chi connectivity index (χ4v) is 5.36. The highest BCUT2D eigenvalue weighted by Gasteiger charge is 2.43. The average molecular weight is 380 g/mol. The van der Waals surface area contributed by atoms with Crippen LogP contribution >= 0.6 is 11.3 Å². The monoisotopic (exact) mass is 380 g/mol. The van der Waals surface area contributed by atoms with Crippen LogP contribution in [0.5, 0.6) is 0 Å². The molecule has 2 aromatic heterocycles. The van der Waals surface area contributed by atoms with E-state index in [1.54, 1.807) is 0 Å². The Morgan fingerprint density at radius 1 is 1.19 bits per heavy atom. The van der Waals surface area contributed by atoms with E-state index in [9.17, 15) is 4.79 Å². The van der Waals surface area contributed by atoms with E-state index >= 15 is 0 Å². The SMILES string of the molecule is O=C(c1cocn1)N1CCC2(CC1)OCCc1sc(-c3ccccc3)cc12. The number of aromatic nitrogens is 1. The van der Waals surface area contributed by atoms with E-state index in [1.165, 1.54) is 33.5 Å². The van der Waals surface area contributed by atoms with Crippen LogP contribution in [0.25, 0.3) is 10.4 Å². The molecular formula is C21H20N2O3S. The van der Waals surface area contributed by atoms with Gasteiger partial charge >= 0.3 is 0 Å². The van der Waals surface area contributed by atoms with Crippen molar-refractivity contribution in [1.82, 2.24) is 9.88 Å². The van der Waals surface area contributed by atoms with Crippen molar-refractivity contribution < 1.29 is 13.9 Å². The number of carbonyl (C=O) groups excluding carboxylic acids is 1. The molecule has 5 rings (SSSR count). The Bertz CT molecular complexity index is 941. The van der Waals surface area contributed by atoms with Crippen molar-refractivity contribution in [1.29, 1.82) is 0 Å². The van der Waals surface area contributed by atoms with Gasteiger partial charge in [-0.3, -0.25) is 4.79 Å². The van der Waals surface area contributed by atoms with Crippen LogP contribution < -0.4 is 0 Å². The van der Waals surface area contributed by atoms with Crippen LogP contribution in [0.15, 0.2) is 53.5 Å². The largest absolute Gasteiger partial charge is 0.451 e. The molecule has 0 N–H and O–H groups in total. The zero-order valence-electron chi connectivity index (χ0n) is 14.9. The molecule has 0 unspecified atom stereocenters.